The Bertz CT molecular complexity index is 1840. The van der Waals surface area contributed by atoms with E-state index in [0.717, 1.165) is 63.7 Å². The zero-order valence-electron chi connectivity index (χ0n) is 30.8. The second-order valence-electron chi connectivity index (χ2n) is 13.1. The lowest BCUT2D eigenvalue weighted by atomic mass is 9.96. The molecule has 2 aliphatic heterocycles. The van der Waals surface area contributed by atoms with Gasteiger partial charge in [0.05, 0.1) is 18.0 Å². The van der Waals surface area contributed by atoms with Crippen LogP contribution in [0.4, 0.5) is 11.5 Å². The molecule has 0 saturated carbocycles. The van der Waals surface area contributed by atoms with E-state index in [0.29, 0.717) is 58.8 Å². The molecular weight excluding hydrogens is 727 g/mol. The van der Waals surface area contributed by atoms with Gasteiger partial charge in [0.25, 0.3) is 0 Å². The molecule has 0 unspecified atom stereocenters. The number of aliphatic hydroxyl groups excluding tert-OH is 1. The van der Waals surface area contributed by atoms with Crippen molar-refractivity contribution in [2.24, 2.45) is 5.92 Å². The van der Waals surface area contributed by atoms with E-state index in [1.54, 1.807) is 24.3 Å². The van der Waals surface area contributed by atoms with Crippen molar-refractivity contribution < 1.29 is 34.5 Å². The molecule has 2 aromatic heterocycles. The summed E-state index contributed by atoms with van der Waals surface area (Å²) in [6, 6.07) is 15.0. The number of aromatic nitrogens is 3. The molecule has 55 heavy (non-hydrogen) atoms. The largest absolute Gasteiger partial charge is 0.478 e. The fourth-order valence-corrected chi connectivity index (χ4v) is 7.01. The van der Waals surface area contributed by atoms with E-state index < -0.39 is 11.9 Å². The number of benzene rings is 1. The van der Waals surface area contributed by atoms with Gasteiger partial charge < -0.3 is 36.2 Å². The summed E-state index contributed by atoms with van der Waals surface area (Å²) < 4.78 is 0. The molecule has 292 valence electrons. The zero-order chi connectivity index (χ0) is 39.7. The molecule has 17 heteroatoms. The highest BCUT2D eigenvalue weighted by atomic mass is 32.2. The van der Waals surface area contributed by atoms with E-state index in [9.17, 15) is 24.4 Å². The van der Waals surface area contributed by atoms with Gasteiger partial charge in [0.15, 0.2) is 5.16 Å². The van der Waals surface area contributed by atoms with E-state index in [1.165, 1.54) is 31.5 Å². The molecule has 2 saturated heterocycles. The predicted octanol–water partition coefficient (Wildman–Crippen LogP) is 2.74. The minimum Gasteiger partial charge on any atom is -0.478 e. The monoisotopic (exact) mass is 773 g/mol. The van der Waals surface area contributed by atoms with Gasteiger partial charge in [-0.25, -0.2) is 19.6 Å². The number of nitrogens with one attached hydrogen (secondary N) is 1. The maximum atomic E-state index is 13.0. The number of hydrogen-bond acceptors (Lipinski definition) is 13. The number of aliphatic carboxylic acids is 2. The van der Waals surface area contributed by atoms with Crippen LogP contribution in [0, 0.1) is 17.2 Å². The highest BCUT2D eigenvalue weighted by molar-refractivity contribution is 7.98. The lowest BCUT2D eigenvalue weighted by Gasteiger charge is -2.38. The Kier molecular flexibility index (Phi) is 16.5. The molecule has 3 aromatic rings. The molecule has 0 atom stereocenters. The lowest BCUT2D eigenvalue weighted by molar-refractivity contribution is -0.134. The maximum Gasteiger partial charge on any atom is 0.328 e. The second kappa shape index (κ2) is 21.5. The van der Waals surface area contributed by atoms with Gasteiger partial charge in [-0.3, -0.25) is 19.5 Å². The van der Waals surface area contributed by atoms with Crippen LogP contribution in [-0.4, -0.2) is 128 Å². The molecule has 2 fully saturated rings. The summed E-state index contributed by atoms with van der Waals surface area (Å²) in [4.78, 5) is 64.1. The molecule has 0 spiro atoms. The molecule has 0 bridgehead atoms. The number of rotatable bonds is 14. The molecule has 0 aliphatic carbocycles. The predicted molar refractivity (Wildman–Crippen MR) is 207 cm³/mol. The Hall–Kier alpha value is -5.41. The number of β-amino-alcohol motifs (C(OH)–C–C–N with tert-alkyl or cyclic N) is 1. The number of nitrogen functional groups attached to an aromatic ring is 1. The molecule has 4 heterocycles. The molecule has 0 radical (unpaired) electrons. The van der Waals surface area contributed by atoms with E-state index in [1.807, 2.05) is 23.1 Å². The summed E-state index contributed by atoms with van der Waals surface area (Å²) in [6.45, 7) is 9.03. The van der Waals surface area contributed by atoms with Gasteiger partial charge in [-0.1, -0.05) is 30.0 Å². The molecule has 6 N–H and O–H groups in total. The first-order valence-electron chi connectivity index (χ1n) is 17.9. The molecule has 1 aromatic carbocycles. The minimum absolute atomic E-state index is 0.103. The summed E-state index contributed by atoms with van der Waals surface area (Å²) in [7, 11) is 0. The highest BCUT2D eigenvalue weighted by Crippen LogP contribution is 2.29. The van der Waals surface area contributed by atoms with Gasteiger partial charge in [-0.2, -0.15) is 5.26 Å². The minimum atomic E-state index is -1.26. The Balaban J connectivity index is 0.000000757. The number of nitrogens with two attached hydrogens (primary N) is 1. The van der Waals surface area contributed by atoms with Crippen molar-refractivity contribution in [1.82, 2.24) is 29.7 Å². The number of piperidine rings is 1. The van der Waals surface area contributed by atoms with Gasteiger partial charge in [0, 0.05) is 87.5 Å². The highest BCUT2D eigenvalue weighted by Gasteiger charge is 2.25. The average Bonchev–Trinajstić information content (AvgIpc) is 3.17. The van der Waals surface area contributed by atoms with Crippen LogP contribution in [-0.2, 0) is 31.4 Å². The van der Waals surface area contributed by atoms with Gasteiger partial charge >= 0.3 is 11.9 Å². The third-order valence-corrected chi connectivity index (χ3v) is 9.93. The van der Waals surface area contributed by atoms with Crippen molar-refractivity contribution in [3.8, 4) is 17.3 Å². The van der Waals surface area contributed by atoms with Crippen molar-refractivity contribution in [3.05, 3.63) is 71.6 Å². The number of nitriles is 1. The van der Waals surface area contributed by atoms with Crippen molar-refractivity contribution >= 4 is 47.0 Å². The number of amides is 2. The Labute approximate surface area is 324 Å². The topological polar surface area (TPSA) is 239 Å². The van der Waals surface area contributed by atoms with Crippen LogP contribution in [0.15, 0.2) is 59.8 Å². The van der Waals surface area contributed by atoms with E-state index in [-0.39, 0.29) is 29.8 Å². The van der Waals surface area contributed by atoms with Crippen LogP contribution >= 0.6 is 11.8 Å². The second-order valence-corrected chi connectivity index (χ2v) is 14.0. The maximum absolute atomic E-state index is 13.0. The standard InChI is InChI=1S/C34H43N9O3S.C4H4O4/c1-24(45)37-28-7-5-26(6-8-28)32-30(21-35)33(36)40-34(39-32)47-23-29-4-2-3-27(38-29)9-10-31(46)43-17-15-42(16-18-43)22-25-11-13-41(14-12-25)19-20-44;5-3(6)1-2-4(7)8/h2-8,25,44H,9-20,22-23H2,1H3,(H,37,45)(H2,36,39,40);1-2H,(H,5,6)(H,7,8). The first-order valence-corrected chi connectivity index (χ1v) is 18.9. The first kappa shape index (κ1) is 42.3. The van der Waals surface area contributed by atoms with Crippen molar-refractivity contribution in [3.63, 3.8) is 0 Å². The number of anilines is 2. The summed E-state index contributed by atoms with van der Waals surface area (Å²) in [5.74, 6) is -1.22. The number of aliphatic hydroxyl groups is 1. The Morgan fingerprint density at radius 2 is 1.58 bits per heavy atom. The number of piperazine rings is 1. The van der Waals surface area contributed by atoms with E-state index >= 15 is 0 Å². The summed E-state index contributed by atoms with van der Waals surface area (Å²) in [5, 5.41) is 37.6. The number of aryl methyl sites for hydroxylation is 1. The molecule has 5 rings (SSSR count). The van der Waals surface area contributed by atoms with Gasteiger partial charge in [-0.15, -0.1) is 0 Å². The molecular formula is C38H47N9O7S. The number of carboxylic acids is 2. The number of nitrogens with zero attached hydrogens (tertiary/aromatic N) is 7. The zero-order valence-corrected chi connectivity index (χ0v) is 31.6. The number of hydrogen-bond donors (Lipinski definition) is 5. The smallest absolute Gasteiger partial charge is 0.328 e. The third kappa shape index (κ3) is 14.1. The van der Waals surface area contributed by atoms with Crippen LogP contribution in [0.3, 0.4) is 0 Å². The number of thioether (sulfide) groups is 1. The Morgan fingerprint density at radius 3 is 2.18 bits per heavy atom. The number of likely N-dealkylation sites (tertiary alicyclic amines) is 1. The summed E-state index contributed by atoms with van der Waals surface area (Å²) in [6.07, 6.45) is 4.46. The fourth-order valence-electron chi connectivity index (χ4n) is 6.26. The summed E-state index contributed by atoms with van der Waals surface area (Å²) >= 11 is 1.37. The normalized spacial score (nSPS) is 15.2. The van der Waals surface area contributed by atoms with Crippen molar-refractivity contribution in [2.45, 2.75) is 43.5 Å². The van der Waals surface area contributed by atoms with E-state index in [2.05, 4.69) is 31.2 Å². The number of carboxylic acid groups (broad SMARTS) is 2. The quantitative estimate of drug-likeness (QED) is 0.0899. The average molecular weight is 774 g/mol. The Morgan fingerprint density at radius 1 is 0.927 bits per heavy atom. The van der Waals surface area contributed by atoms with E-state index in [4.69, 9.17) is 26.0 Å². The van der Waals surface area contributed by atoms with Gasteiger partial charge in [-0.05, 0) is 62.5 Å². The first-order chi connectivity index (χ1) is 26.4. The molecule has 16 nitrogen and oxygen atoms in total. The number of carbonyl (C=O) groups excluding carboxylic acids is 2. The summed E-state index contributed by atoms with van der Waals surface area (Å²) in [5.41, 5.74) is 9.80. The van der Waals surface area contributed by atoms with Gasteiger partial charge in [0.1, 0.15) is 17.5 Å². The van der Waals surface area contributed by atoms with Gasteiger partial charge in [0.2, 0.25) is 11.8 Å². The number of carbonyl (C=O) groups is 4. The fraction of sp³-hybridized carbons (Fsp3) is 0.421. The number of pyridine rings is 1. The van der Waals surface area contributed by atoms with Crippen molar-refractivity contribution in [1.29, 1.82) is 5.26 Å². The van der Waals surface area contributed by atoms with Crippen molar-refractivity contribution in [2.75, 3.05) is 70.0 Å². The van der Waals surface area contributed by atoms with Crippen LogP contribution in [0.5, 0.6) is 0 Å². The van der Waals surface area contributed by atoms with Crippen LogP contribution in [0.2, 0.25) is 0 Å². The molecule has 2 amide bonds. The van der Waals surface area contributed by atoms with Crippen LogP contribution < -0.4 is 11.1 Å². The van der Waals surface area contributed by atoms with Crippen LogP contribution in [0.1, 0.15) is 43.1 Å². The lowest BCUT2D eigenvalue weighted by Crippen LogP contribution is -2.50. The van der Waals surface area contributed by atoms with Crippen LogP contribution in [0.25, 0.3) is 11.3 Å². The third-order valence-electron chi connectivity index (χ3n) is 9.05. The SMILES string of the molecule is CC(=O)Nc1ccc(-c2nc(SCc3cccc(CCC(=O)N4CCN(CC5CCN(CCO)CC5)CC4)n3)nc(N)c2C#N)cc1.O=C(O)C=CC(=O)O. The molecule has 2 aliphatic rings.